The number of rotatable bonds is 7. The number of anilines is 1. The molecule has 0 spiro atoms. The minimum atomic E-state index is -0.129. The minimum absolute atomic E-state index is 0. The summed E-state index contributed by atoms with van der Waals surface area (Å²) in [6.45, 7) is 5.81. The van der Waals surface area contributed by atoms with Crippen LogP contribution < -0.4 is 20.9 Å². The zero-order valence-corrected chi connectivity index (χ0v) is 19.0. The zero-order chi connectivity index (χ0) is 19.6. The first-order valence-electron chi connectivity index (χ1n) is 9.79. The van der Waals surface area contributed by atoms with E-state index in [2.05, 4.69) is 55.1 Å². The average molecular weight is 508 g/mol. The monoisotopic (exact) mass is 508 g/mol. The third-order valence-corrected chi connectivity index (χ3v) is 4.59. The molecular formula is C21H29IN6O. The van der Waals surface area contributed by atoms with Gasteiger partial charge in [-0.3, -0.25) is 14.8 Å². The van der Waals surface area contributed by atoms with Crippen molar-refractivity contribution in [2.24, 2.45) is 4.99 Å². The number of amides is 1. The Morgan fingerprint density at radius 2 is 2.03 bits per heavy atom. The number of carbonyl (C=O) groups is 1. The number of carbonyl (C=O) groups excluding carboxylic acids is 1. The number of aromatic nitrogens is 1. The molecule has 156 valence electrons. The van der Waals surface area contributed by atoms with Crippen LogP contribution in [0.1, 0.15) is 23.7 Å². The van der Waals surface area contributed by atoms with E-state index in [0.29, 0.717) is 24.7 Å². The van der Waals surface area contributed by atoms with Crippen LogP contribution in [-0.4, -0.2) is 55.6 Å². The summed E-state index contributed by atoms with van der Waals surface area (Å²) in [4.78, 5) is 23.0. The maximum atomic E-state index is 12.0. The van der Waals surface area contributed by atoms with E-state index in [1.807, 2.05) is 13.0 Å². The third kappa shape index (κ3) is 7.19. The number of guanidine groups is 1. The number of nitrogens with one attached hydrogen (secondary N) is 3. The fourth-order valence-electron chi connectivity index (χ4n) is 3.20. The largest absolute Gasteiger partial charge is 0.369 e. The minimum Gasteiger partial charge on any atom is -0.369 e. The van der Waals surface area contributed by atoms with Crippen molar-refractivity contribution in [3.8, 4) is 0 Å². The number of benzene rings is 1. The maximum absolute atomic E-state index is 12.0. The predicted octanol–water partition coefficient (Wildman–Crippen LogP) is 2.26. The van der Waals surface area contributed by atoms with Gasteiger partial charge in [0.15, 0.2) is 5.96 Å². The number of halogens is 1. The van der Waals surface area contributed by atoms with Crippen molar-refractivity contribution in [3.63, 3.8) is 0 Å². The first kappa shape index (κ1) is 22.9. The molecule has 1 aliphatic rings. The van der Waals surface area contributed by atoms with Crippen molar-refractivity contribution in [1.82, 2.24) is 20.9 Å². The molecule has 2 aromatic rings. The Kier molecular flexibility index (Phi) is 9.69. The quantitative estimate of drug-likeness (QED) is 0.232. The lowest BCUT2D eigenvalue weighted by Gasteiger charge is -2.20. The Balaban J connectivity index is 0.00000300. The van der Waals surface area contributed by atoms with E-state index < -0.39 is 0 Å². The van der Waals surface area contributed by atoms with Crippen molar-refractivity contribution >= 4 is 41.5 Å². The normalized spacial score (nSPS) is 16.1. The Bertz CT molecular complexity index is 771. The van der Waals surface area contributed by atoms with E-state index in [1.54, 1.807) is 24.5 Å². The molecule has 1 fully saturated rings. The van der Waals surface area contributed by atoms with Gasteiger partial charge in [0.2, 0.25) is 0 Å². The second kappa shape index (κ2) is 12.3. The molecule has 1 saturated heterocycles. The smallest absolute Gasteiger partial charge is 0.252 e. The van der Waals surface area contributed by atoms with Crippen LogP contribution in [0.2, 0.25) is 0 Å². The molecule has 1 atom stereocenters. The van der Waals surface area contributed by atoms with Gasteiger partial charge in [-0.25, -0.2) is 0 Å². The van der Waals surface area contributed by atoms with Crippen LogP contribution in [0.5, 0.6) is 0 Å². The highest BCUT2D eigenvalue weighted by molar-refractivity contribution is 14.0. The molecule has 1 aromatic carbocycles. The highest BCUT2D eigenvalue weighted by Crippen LogP contribution is 2.19. The molecule has 1 aliphatic heterocycles. The number of pyridine rings is 1. The molecule has 3 N–H and O–H groups in total. The van der Waals surface area contributed by atoms with Gasteiger partial charge in [-0.05, 0) is 37.6 Å². The summed E-state index contributed by atoms with van der Waals surface area (Å²) in [5.41, 5.74) is 1.82. The number of para-hydroxylation sites is 1. The first-order valence-corrected chi connectivity index (χ1v) is 9.79. The number of nitrogens with zero attached hydrogens (tertiary/aromatic N) is 3. The van der Waals surface area contributed by atoms with E-state index >= 15 is 0 Å². The summed E-state index contributed by atoms with van der Waals surface area (Å²) in [7, 11) is 0. The van der Waals surface area contributed by atoms with Crippen LogP contribution in [0, 0.1) is 0 Å². The topological polar surface area (TPSA) is 81.6 Å². The lowest BCUT2D eigenvalue weighted by Crippen LogP contribution is -2.45. The first-order chi connectivity index (χ1) is 13.8. The fraction of sp³-hybridized carbons (Fsp3) is 0.381. The van der Waals surface area contributed by atoms with E-state index in [0.717, 1.165) is 32.0 Å². The second-order valence-corrected chi connectivity index (χ2v) is 6.67. The summed E-state index contributed by atoms with van der Waals surface area (Å²) in [5.74, 6) is 0.661. The predicted molar refractivity (Wildman–Crippen MR) is 128 cm³/mol. The molecule has 0 saturated carbocycles. The molecule has 2 heterocycles. The van der Waals surface area contributed by atoms with E-state index in [-0.39, 0.29) is 29.9 Å². The maximum Gasteiger partial charge on any atom is 0.252 e. The van der Waals surface area contributed by atoms with E-state index in [4.69, 9.17) is 0 Å². The lowest BCUT2D eigenvalue weighted by molar-refractivity contribution is 0.0954. The van der Waals surface area contributed by atoms with Crippen LogP contribution in [0.15, 0.2) is 59.9 Å². The van der Waals surface area contributed by atoms with Crippen LogP contribution in [0.25, 0.3) is 0 Å². The average Bonchev–Trinajstić information content (AvgIpc) is 3.21. The molecule has 0 aliphatic carbocycles. The van der Waals surface area contributed by atoms with Gasteiger partial charge in [-0.1, -0.05) is 18.2 Å². The molecule has 3 rings (SSSR count). The summed E-state index contributed by atoms with van der Waals surface area (Å²) < 4.78 is 0. The summed E-state index contributed by atoms with van der Waals surface area (Å²) in [6, 6.07) is 14.3. The van der Waals surface area contributed by atoms with Crippen molar-refractivity contribution in [2.75, 3.05) is 37.6 Å². The number of aliphatic imine (C=N–C) groups is 1. The Morgan fingerprint density at radius 1 is 1.21 bits per heavy atom. The van der Waals surface area contributed by atoms with Crippen molar-refractivity contribution in [2.45, 2.75) is 19.4 Å². The van der Waals surface area contributed by atoms with Crippen LogP contribution in [-0.2, 0) is 0 Å². The van der Waals surface area contributed by atoms with Crippen molar-refractivity contribution < 1.29 is 4.79 Å². The summed E-state index contributed by atoms with van der Waals surface area (Å²) in [5, 5.41) is 9.66. The Morgan fingerprint density at radius 3 is 2.76 bits per heavy atom. The van der Waals surface area contributed by atoms with Crippen LogP contribution in [0.4, 0.5) is 5.69 Å². The highest BCUT2D eigenvalue weighted by atomic mass is 127. The molecule has 7 nitrogen and oxygen atoms in total. The highest BCUT2D eigenvalue weighted by Gasteiger charge is 2.23. The Hall–Kier alpha value is -2.36. The van der Waals surface area contributed by atoms with Gasteiger partial charge in [0.1, 0.15) is 0 Å². The molecule has 0 radical (unpaired) electrons. The van der Waals surface area contributed by atoms with Gasteiger partial charge < -0.3 is 20.9 Å². The van der Waals surface area contributed by atoms with Gasteiger partial charge in [0.25, 0.3) is 5.91 Å². The van der Waals surface area contributed by atoms with Crippen LogP contribution >= 0.6 is 24.0 Å². The van der Waals surface area contributed by atoms with Gasteiger partial charge in [0, 0.05) is 50.3 Å². The third-order valence-electron chi connectivity index (χ3n) is 4.59. The van der Waals surface area contributed by atoms with E-state index in [9.17, 15) is 4.79 Å². The standard InChI is InChI=1S/C21H28N6O.HI/c1-2-23-21(25-13-12-24-20(28)17-7-6-11-22-15-17)26-18-10-14-27(16-18)19-8-4-3-5-9-19;/h3-9,11,15,18H,2,10,12-14,16H2,1H3,(H,24,28)(H2,23,25,26);1H. The Labute approximate surface area is 189 Å². The van der Waals surface area contributed by atoms with E-state index in [1.165, 1.54) is 5.69 Å². The van der Waals surface area contributed by atoms with Crippen molar-refractivity contribution in [1.29, 1.82) is 0 Å². The second-order valence-electron chi connectivity index (χ2n) is 6.67. The fourth-order valence-corrected chi connectivity index (χ4v) is 3.20. The summed E-state index contributed by atoms with van der Waals surface area (Å²) in [6.07, 6.45) is 4.28. The molecule has 0 bridgehead atoms. The molecule has 8 heteroatoms. The molecule has 1 aromatic heterocycles. The molecule has 29 heavy (non-hydrogen) atoms. The summed E-state index contributed by atoms with van der Waals surface area (Å²) >= 11 is 0. The van der Waals surface area contributed by atoms with Gasteiger partial charge in [-0.2, -0.15) is 0 Å². The SMILES string of the molecule is CCNC(=NCCNC(=O)c1cccnc1)NC1CCN(c2ccccc2)C1.I. The van der Waals surface area contributed by atoms with Crippen LogP contribution in [0.3, 0.4) is 0 Å². The van der Waals surface area contributed by atoms with Gasteiger partial charge in [-0.15, -0.1) is 24.0 Å². The molecule has 1 amide bonds. The van der Waals surface area contributed by atoms with Gasteiger partial charge >= 0.3 is 0 Å². The zero-order valence-electron chi connectivity index (χ0n) is 16.7. The van der Waals surface area contributed by atoms with Crippen molar-refractivity contribution in [3.05, 3.63) is 60.4 Å². The lowest BCUT2D eigenvalue weighted by atomic mass is 10.2. The van der Waals surface area contributed by atoms with Gasteiger partial charge in [0.05, 0.1) is 12.1 Å². The molecular weight excluding hydrogens is 479 g/mol. The number of hydrogen-bond donors (Lipinski definition) is 3. The number of hydrogen-bond acceptors (Lipinski definition) is 4. The molecule has 1 unspecified atom stereocenters.